The largest absolute Gasteiger partial charge is 0.389 e. The van der Waals surface area contributed by atoms with Crippen LogP contribution in [-0.4, -0.2) is 10.7 Å². The number of aliphatic hydroxyl groups is 1. The third-order valence-electron chi connectivity index (χ3n) is 3.97. The standard InChI is InChI=1S/C13H16O/c14-13-9-5-4-8-11(13)12(13)10-6-2-1-3-7-10/h1-3,6-7,11-12,14H,4-5,8-9H2/t11-,12-,13-/m1/s1. The molecule has 0 bridgehead atoms. The molecule has 74 valence electrons. The summed E-state index contributed by atoms with van der Waals surface area (Å²) in [6.07, 6.45) is 4.74. The van der Waals surface area contributed by atoms with Crippen LogP contribution in [0.25, 0.3) is 0 Å². The topological polar surface area (TPSA) is 20.2 Å². The maximum atomic E-state index is 10.4. The highest BCUT2D eigenvalue weighted by atomic mass is 16.3. The van der Waals surface area contributed by atoms with E-state index < -0.39 is 0 Å². The molecule has 0 heterocycles. The van der Waals surface area contributed by atoms with E-state index in [0.717, 1.165) is 6.42 Å². The highest BCUT2D eigenvalue weighted by molar-refractivity contribution is 5.35. The number of hydrogen-bond acceptors (Lipinski definition) is 1. The van der Waals surface area contributed by atoms with Crippen molar-refractivity contribution >= 4 is 0 Å². The van der Waals surface area contributed by atoms with Crippen molar-refractivity contribution in [2.45, 2.75) is 37.2 Å². The lowest BCUT2D eigenvalue weighted by molar-refractivity contribution is 0.0976. The van der Waals surface area contributed by atoms with E-state index in [2.05, 4.69) is 24.3 Å². The minimum absolute atomic E-state index is 0.334. The van der Waals surface area contributed by atoms with Gasteiger partial charge in [-0.05, 0) is 24.3 Å². The Morgan fingerprint density at radius 3 is 2.57 bits per heavy atom. The fourth-order valence-corrected chi connectivity index (χ4v) is 3.21. The monoisotopic (exact) mass is 188 g/mol. The summed E-state index contributed by atoms with van der Waals surface area (Å²) in [5, 5.41) is 10.4. The van der Waals surface area contributed by atoms with Crippen molar-refractivity contribution in [1.29, 1.82) is 0 Å². The third kappa shape index (κ3) is 1.05. The molecule has 0 radical (unpaired) electrons. The Labute approximate surface area is 84.8 Å². The second kappa shape index (κ2) is 2.83. The van der Waals surface area contributed by atoms with E-state index in [4.69, 9.17) is 0 Å². The predicted molar refractivity (Wildman–Crippen MR) is 56.1 cm³/mol. The number of benzene rings is 1. The highest BCUT2D eigenvalue weighted by Crippen LogP contribution is 2.64. The average Bonchev–Trinajstić information content (AvgIpc) is 2.85. The van der Waals surface area contributed by atoms with Crippen LogP contribution in [0.3, 0.4) is 0 Å². The van der Waals surface area contributed by atoms with Crippen LogP contribution >= 0.6 is 0 Å². The summed E-state index contributed by atoms with van der Waals surface area (Å²) in [5.41, 5.74) is 1.00. The molecule has 2 aliphatic rings. The molecular formula is C13H16O. The van der Waals surface area contributed by atoms with Gasteiger partial charge >= 0.3 is 0 Å². The zero-order chi connectivity index (χ0) is 9.60. The summed E-state index contributed by atoms with van der Waals surface area (Å²) < 4.78 is 0. The number of rotatable bonds is 1. The molecule has 3 atom stereocenters. The van der Waals surface area contributed by atoms with E-state index in [0.29, 0.717) is 11.8 Å². The van der Waals surface area contributed by atoms with Crippen molar-refractivity contribution in [3.63, 3.8) is 0 Å². The minimum atomic E-state index is -0.334. The maximum absolute atomic E-state index is 10.4. The average molecular weight is 188 g/mol. The molecule has 2 aliphatic carbocycles. The molecule has 0 aromatic heterocycles. The summed E-state index contributed by atoms with van der Waals surface area (Å²) in [5.74, 6) is 0.991. The molecule has 1 aromatic rings. The van der Waals surface area contributed by atoms with Crippen LogP contribution in [0.2, 0.25) is 0 Å². The Morgan fingerprint density at radius 2 is 1.93 bits per heavy atom. The summed E-state index contributed by atoms with van der Waals surface area (Å²) in [4.78, 5) is 0. The van der Waals surface area contributed by atoms with E-state index in [1.807, 2.05) is 6.07 Å². The molecule has 1 nitrogen and oxygen atoms in total. The first-order valence-corrected chi connectivity index (χ1v) is 5.60. The lowest BCUT2D eigenvalue weighted by Gasteiger charge is -2.15. The van der Waals surface area contributed by atoms with Crippen molar-refractivity contribution in [3.05, 3.63) is 35.9 Å². The molecule has 14 heavy (non-hydrogen) atoms. The first-order valence-electron chi connectivity index (χ1n) is 5.60. The van der Waals surface area contributed by atoms with Crippen molar-refractivity contribution in [2.75, 3.05) is 0 Å². The number of fused-ring (bicyclic) bond motifs is 1. The lowest BCUT2D eigenvalue weighted by Crippen LogP contribution is -2.15. The highest BCUT2D eigenvalue weighted by Gasteiger charge is 2.64. The summed E-state index contributed by atoms with van der Waals surface area (Å²) in [6.45, 7) is 0. The van der Waals surface area contributed by atoms with E-state index in [9.17, 15) is 5.11 Å². The van der Waals surface area contributed by atoms with Gasteiger partial charge < -0.3 is 5.11 Å². The van der Waals surface area contributed by atoms with Gasteiger partial charge in [-0.3, -0.25) is 0 Å². The zero-order valence-electron chi connectivity index (χ0n) is 8.32. The SMILES string of the molecule is O[C@]12CCCC[C@@H]1[C@H]2c1ccccc1. The molecule has 2 saturated carbocycles. The van der Waals surface area contributed by atoms with Gasteiger partial charge in [0.2, 0.25) is 0 Å². The molecule has 1 heteroatoms. The fraction of sp³-hybridized carbons (Fsp3) is 0.538. The molecule has 0 unspecified atom stereocenters. The molecule has 0 amide bonds. The van der Waals surface area contributed by atoms with Gasteiger partial charge in [-0.25, -0.2) is 0 Å². The zero-order valence-corrected chi connectivity index (χ0v) is 8.32. The van der Waals surface area contributed by atoms with Crippen molar-refractivity contribution in [2.24, 2.45) is 5.92 Å². The molecule has 0 aliphatic heterocycles. The Hall–Kier alpha value is -0.820. The Balaban J connectivity index is 1.89. The van der Waals surface area contributed by atoms with Gasteiger partial charge in [-0.15, -0.1) is 0 Å². The van der Waals surface area contributed by atoms with Gasteiger partial charge in [0.25, 0.3) is 0 Å². The Morgan fingerprint density at radius 1 is 1.14 bits per heavy atom. The predicted octanol–water partition coefficient (Wildman–Crippen LogP) is 2.71. The van der Waals surface area contributed by atoms with Crippen LogP contribution in [0, 0.1) is 5.92 Å². The van der Waals surface area contributed by atoms with Crippen LogP contribution in [0.15, 0.2) is 30.3 Å². The lowest BCUT2D eigenvalue weighted by atomic mass is 9.98. The number of hydrogen-bond donors (Lipinski definition) is 1. The normalized spacial score (nSPS) is 40.4. The molecule has 0 saturated heterocycles. The second-order valence-corrected chi connectivity index (χ2v) is 4.73. The third-order valence-corrected chi connectivity index (χ3v) is 3.97. The molecule has 1 N–H and O–H groups in total. The van der Waals surface area contributed by atoms with Gasteiger partial charge in [0.1, 0.15) is 0 Å². The van der Waals surface area contributed by atoms with Crippen LogP contribution in [0.1, 0.15) is 37.2 Å². The van der Waals surface area contributed by atoms with Crippen LogP contribution < -0.4 is 0 Å². The van der Waals surface area contributed by atoms with E-state index in [-0.39, 0.29) is 5.60 Å². The minimum Gasteiger partial charge on any atom is -0.389 e. The van der Waals surface area contributed by atoms with Crippen LogP contribution in [0.5, 0.6) is 0 Å². The Bertz CT molecular complexity index is 332. The van der Waals surface area contributed by atoms with Crippen LogP contribution in [-0.2, 0) is 0 Å². The molecule has 2 fully saturated rings. The Kier molecular flexibility index (Phi) is 1.72. The summed E-state index contributed by atoms with van der Waals surface area (Å²) in [6, 6.07) is 10.5. The van der Waals surface area contributed by atoms with Gasteiger partial charge in [0, 0.05) is 5.92 Å². The van der Waals surface area contributed by atoms with Gasteiger partial charge in [-0.2, -0.15) is 0 Å². The molecule has 3 rings (SSSR count). The summed E-state index contributed by atoms with van der Waals surface area (Å²) >= 11 is 0. The first kappa shape index (κ1) is 8.49. The van der Waals surface area contributed by atoms with Gasteiger partial charge in [0.05, 0.1) is 5.60 Å². The van der Waals surface area contributed by atoms with Crippen molar-refractivity contribution in [1.82, 2.24) is 0 Å². The van der Waals surface area contributed by atoms with E-state index >= 15 is 0 Å². The molecular weight excluding hydrogens is 172 g/mol. The smallest absolute Gasteiger partial charge is 0.0754 e. The van der Waals surface area contributed by atoms with Gasteiger partial charge in [-0.1, -0.05) is 43.2 Å². The van der Waals surface area contributed by atoms with Crippen molar-refractivity contribution in [3.8, 4) is 0 Å². The molecule has 0 spiro atoms. The molecule has 1 aromatic carbocycles. The van der Waals surface area contributed by atoms with Gasteiger partial charge in [0.15, 0.2) is 0 Å². The van der Waals surface area contributed by atoms with Crippen LogP contribution in [0.4, 0.5) is 0 Å². The second-order valence-electron chi connectivity index (χ2n) is 4.73. The fourth-order valence-electron chi connectivity index (χ4n) is 3.21. The van der Waals surface area contributed by atoms with E-state index in [1.54, 1.807) is 0 Å². The summed E-state index contributed by atoms with van der Waals surface area (Å²) in [7, 11) is 0. The maximum Gasteiger partial charge on any atom is 0.0754 e. The quantitative estimate of drug-likeness (QED) is 0.718. The first-order chi connectivity index (χ1) is 6.82. The van der Waals surface area contributed by atoms with Crippen molar-refractivity contribution < 1.29 is 5.11 Å². The van der Waals surface area contributed by atoms with E-state index in [1.165, 1.54) is 24.8 Å².